The topological polar surface area (TPSA) is 111 Å². The van der Waals surface area contributed by atoms with Crippen molar-refractivity contribution in [2.75, 3.05) is 47.5 Å². The molecule has 0 N–H and O–H groups in total. The van der Waals surface area contributed by atoms with Crippen molar-refractivity contribution < 1.29 is 42.1 Å². The highest BCUT2D eigenvalue weighted by molar-refractivity contribution is 7.45. The van der Waals surface area contributed by atoms with Crippen molar-refractivity contribution in [2.24, 2.45) is 0 Å². The minimum Gasteiger partial charge on any atom is -0.756 e. The number of rotatable bonds is 72. The number of phosphoric ester groups is 1. The summed E-state index contributed by atoms with van der Waals surface area (Å²) in [5.41, 5.74) is 0. The van der Waals surface area contributed by atoms with Gasteiger partial charge in [0.05, 0.1) is 27.7 Å². The van der Waals surface area contributed by atoms with Crippen LogP contribution in [0, 0.1) is 0 Å². The van der Waals surface area contributed by atoms with E-state index in [1.165, 1.54) is 212 Å². The van der Waals surface area contributed by atoms with Gasteiger partial charge >= 0.3 is 11.9 Å². The quantitative estimate of drug-likeness (QED) is 0.0195. The summed E-state index contributed by atoms with van der Waals surface area (Å²) in [5, 5.41) is 0. The first kappa shape index (κ1) is 90.4. The largest absolute Gasteiger partial charge is 0.756 e. The molecular weight excluding hydrogens is 1180 g/mol. The number of unbranched alkanes of at least 4 members (excludes halogenated alkanes) is 38. The first-order valence-electron chi connectivity index (χ1n) is 39.2. The highest BCUT2D eigenvalue weighted by Gasteiger charge is 2.22. The maximum atomic E-state index is 12.9. The van der Waals surface area contributed by atoms with Gasteiger partial charge in [0.1, 0.15) is 19.8 Å². The molecule has 0 rings (SSSR count). The van der Waals surface area contributed by atoms with Crippen LogP contribution in [0.15, 0.2) is 122 Å². The van der Waals surface area contributed by atoms with E-state index in [1.54, 1.807) is 0 Å². The van der Waals surface area contributed by atoms with E-state index in [0.717, 1.165) is 103 Å². The van der Waals surface area contributed by atoms with E-state index >= 15 is 0 Å². The zero-order chi connectivity index (χ0) is 68.3. The summed E-state index contributed by atoms with van der Waals surface area (Å²) in [6.07, 6.45) is 106. The Hall–Kier alpha value is -3.59. The molecule has 542 valence electrons. The molecule has 9 nitrogen and oxygen atoms in total. The van der Waals surface area contributed by atoms with Gasteiger partial charge in [-0.3, -0.25) is 14.2 Å². The summed E-state index contributed by atoms with van der Waals surface area (Å²) >= 11 is 0. The Labute approximate surface area is 581 Å². The summed E-state index contributed by atoms with van der Waals surface area (Å²) in [6, 6.07) is 0. The molecule has 10 heteroatoms. The highest BCUT2D eigenvalue weighted by Crippen LogP contribution is 2.38. The Morgan fingerprint density at radius 1 is 0.340 bits per heavy atom. The highest BCUT2D eigenvalue weighted by atomic mass is 31.2. The second-order valence-corrected chi connectivity index (χ2v) is 28.8. The fourth-order valence-electron chi connectivity index (χ4n) is 11.0. The molecule has 0 saturated carbocycles. The summed E-state index contributed by atoms with van der Waals surface area (Å²) in [4.78, 5) is 38.2. The Balaban J connectivity index is 4.00. The van der Waals surface area contributed by atoms with Crippen LogP contribution in [0.1, 0.15) is 348 Å². The monoisotopic (exact) mass is 1330 g/mol. The lowest BCUT2D eigenvalue weighted by atomic mass is 10.0. The summed E-state index contributed by atoms with van der Waals surface area (Å²) in [5.74, 6) is -0.830. The predicted molar refractivity (Wildman–Crippen MR) is 406 cm³/mol. The van der Waals surface area contributed by atoms with Gasteiger partial charge in [0.2, 0.25) is 0 Å². The first-order valence-corrected chi connectivity index (χ1v) is 40.7. The van der Waals surface area contributed by atoms with E-state index in [0.29, 0.717) is 17.4 Å². The minimum atomic E-state index is -4.65. The van der Waals surface area contributed by atoms with E-state index in [2.05, 4.69) is 135 Å². The lowest BCUT2D eigenvalue weighted by Crippen LogP contribution is -2.37. The van der Waals surface area contributed by atoms with E-state index < -0.39 is 26.5 Å². The molecule has 0 spiro atoms. The molecule has 94 heavy (non-hydrogen) atoms. The average Bonchev–Trinajstić information content (AvgIpc) is 1.68. The number of esters is 2. The smallest absolute Gasteiger partial charge is 0.306 e. The van der Waals surface area contributed by atoms with Crippen LogP contribution in [0.2, 0.25) is 0 Å². The van der Waals surface area contributed by atoms with Crippen LogP contribution in [0.5, 0.6) is 0 Å². The summed E-state index contributed by atoms with van der Waals surface area (Å²) in [6.45, 7) is 4.14. The van der Waals surface area contributed by atoms with Crippen LogP contribution < -0.4 is 4.89 Å². The van der Waals surface area contributed by atoms with Crippen LogP contribution in [0.25, 0.3) is 0 Å². The van der Waals surface area contributed by atoms with E-state index in [4.69, 9.17) is 18.5 Å². The molecule has 0 radical (unpaired) electrons. The van der Waals surface area contributed by atoms with Crippen molar-refractivity contribution in [3.05, 3.63) is 122 Å². The number of carbonyl (C=O) groups excluding carboxylic acids is 2. The molecule has 0 fully saturated rings. The van der Waals surface area contributed by atoms with Gasteiger partial charge in [-0.25, -0.2) is 0 Å². The third-order valence-electron chi connectivity index (χ3n) is 17.0. The molecule has 0 aromatic rings. The van der Waals surface area contributed by atoms with Crippen molar-refractivity contribution >= 4 is 19.8 Å². The van der Waals surface area contributed by atoms with Crippen molar-refractivity contribution in [1.29, 1.82) is 0 Å². The number of hydrogen-bond donors (Lipinski definition) is 0. The van der Waals surface area contributed by atoms with Crippen molar-refractivity contribution in [2.45, 2.75) is 354 Å². The molecule has 0 heterocycles. The number of likely N-dealkylation sites (N-methyl/N-ethyl adjacent to an activating group) is 1. The summed E-state index contributed by atoms with van der Waals surface area (Å²) in [7, 11) is 1.16. The SMILES string of the molecule is CC/C=C\C/C=C\C/C=C\C/C=C\C/C=C\C/C=C\C/C=C\C/C=C\CCCCCCCCCCCCC(=O)OC(COC(=O)CCCCCCCCCCCCCCCCCCCCCCCCC/C=C\C/C=C\CCCCCCC)COP(=O)([O-])OCC[N+](C)(C)C. The first-order chi connectivity index (χ1) is 46.0. The Bertz CT molecular complexity index is 2010. The molecular formula is C84H148NO8P. The third kappa shape index (κ3) is 77.4. The molecule has 0 aliphatic heterocycles. The lowest BCUT2D eigenvalue weighted by Gasteiger charge is -2.28. The molecule has 2 atom stereocenters. The van der Waals surface area contributed by atoms with Gasteiger partial charge in [-0.05, 0) is 109 Å². The van der Waals surface area contributed by atoms with Gasteiger partial charge in [-0.1, -0.05) is 347 Å². The average molecular weight is 1330 g/mol. The van der Waals surface area contributed by atoms with Gasteiger partial charge < -0.3 is 27.9 Å². The number of quaternary nitrogens is 1. The zero-order valence-corrected chi connectivity index (χ0v) is 62.8. The standard InChI is InChI=1S/C84H148NO8P/c1-6-8-10-12-14-16-18-20-22-24-26-28-30-32-34-36-38-40-42-44-46-48-50-52-54-56-58-60-62-64-66-68-70-72-74-76-83(86)90-80-82(81-92-94(88,89)91-79-78-85(3,4)5)93-84(87)77-75-73-71-69-67-65-63-61-59-57-55-53-51-49-47-45-43-41-39-37-35-33-31-29-27-25-23-21-19-17-15-13-11-9-7-2/h9,11,15,17-18,20-21,23-24,26-27,29,33,35,39,41,45,47,51,53,82H,6-8,10,12-14,16,19,22,25,28,30-32,34,36-38,40,42-44,46,48-50,52,54-81H2,1-5H3/b11-9-,17-15-,20-18-,23-21-,26-24-,29-27-,35-33-,41-39-,47-45-,53-51-. The maximum absolute atomic E-state index is 12.9. The minimum absolute atomic E-state index is 0.0351. The fraction of sp³-hybridized carbons (Fsp3) is 0.738. The Kier molecular flexibility index (Phi) is 70.8. The summed E-state index contributed by atoms with van der Waals surface area (Å²) < 4.78 is 34.4. The van der Waals surface area contributed by atoms with Gasteiger partial charge in [0, 0.05) is 12.8 Å². The number of nitrogens with zero attached hydrogens (tertiary/aromatic N) is 1. The third-order valence-corrected chi connectivity index (χ3v) is 17.9. The Morgan fingerprint density at radius 3 is 0.904 bits per heavy atom. The van der Waals surface area contributed by atoms with Crippen LogP contribution in [-0.2, 0) is 32.7 Å². The number of phosphoric acid groups is 1. The van der Waals surface area contributed by atoms with Crippen molar-refractivity contribution in [3.8, 4) is 0 Å². The zero-order valence-electron chi connectivity index (χ0n) is 61.9. The lowest BCUT2D eigenvalue weighted by molar-refractivity contribution is -0.870. The molecule has 0 aliphatic carbocycles. The molecule has 0 amide bonds. The maximum Gasteiger partial charge on any atom is 0.306 e. The van der Waals surface area contributed by atoms with Gasteiger partial charge in [0.25, 0.3) is 7.82 Å². The molecule has 0 aromatic heterocycles. The number of allylic oxidation sites excluding steroid dienone is 20. The fourth-order valence-corrected chi connectivity index (χ4v) is 11.7. The second kappa shape index (κ2) is 73.7. The molecule has 0 aromatic carbocycles. The van der Waals surface area contributed by atoms with Crippen LogP contribution in [0.3, 0.4) is 0 Å². The second-order valence-electron chi connectivity index (χ2n) is 27.3. The van der Waals surface area contributed by atoms with E-state index in [1.807, 2.05) is 21.1 Å². The molecule has 0 saturated heterocycles. The van der Waals surface area contributed by atoms with E-state index in [9.17, 15) is 19.0 Å². The Morgan fingerprint density at radius 2 is 0.606 bits per heavy atom. The van der Waals surface area contributed by atoms with E-state index in [-0.39, 0.29) is 32.0 Å². The van der Waals surface area contributed by atoms with Crippen LogP contribution in [0.4, 0.5) is 0 Å². The van der Waals surface area contributed by atoms with Crippen LogP contribution in [-0.4, -0.2) is 70.0 Å². The molecule has 0 bridgehead atoms. The molecule has 2 unspecified atom stereocenters. The van der Waals surface area contributed by atoms with Crippen LogP contribution >= 0.6 is 7.82 Å². The number of carbonyl (C=O) groups is 2. The van der Waals surface area contributed by atoms with Gasteiger partial charge in [-0.15, -0.1) is 0 Å². The van der Waals surface area contributed by atoms with Crippen molar-refractivity contribution in [3.63, 3.8) is 0 Å². The van der Waals surface area contributed by atoms with Crippen molar-refractivity contribution in [1.82, 2.24) is 0 Å². The predicted octanol–water partition coefficient (Wildman–Crippen LogP) is 25.5. The number of ether oxygens (including phenoxy) is 2. The number of hydrogen-bond acceptors (Lipinski definition) is 8. The van der Waals surface area contributed by atoms with Gasteiger partial charge in [0.15, 0.2) is 6.10 Å². The van der Waals surface area contributed by atoms with Gasteiger partial charge in [-0.2, -0.15) is 0 Å². The normalized spacial score (nSPS) is 13.7. The molecule has 0 aliphatic rings.